The third-order valence-electron chi connectivity index (χ3n) is 3.41. The number of hydrogen-bond acceptors (Lipinski definition) is 3. The molecule has 0 bridgehead atoms. The molecule has 0 aromatic carbocycles. The molecule has 0 N–H and O–H groups in total. The van der Waals surface area contributed by atoms with Gasteiger partial charge in [-0.2, -0.15) is 0 Å². The molecule has 1 atom stereocenters. The maximum absolute atomic E-state index is 12.5. The molecule has 104 valence electrons. The first-order valence-corrected chi connectivity index (χ1v) is 8.78. The molecule has 6 heteroatoms. The summed E-state index contributed by atoms with van der Waals surface area (Å²) in [5, 5.41) is 0. The second kappa shape index (κ2) is 6.06. The van der Waals surface area contributed by atoms with Gasteiger partial charge in [-0.25, -0.2) is 0 Å². The van der Waals surface area contributed by atoms with Gasteiger partial charge in [0.05, 0.1) is 18.7 Å². The van der Waals surface area contributed by atoms with Crippen LogP contribution in [0.2, 0.25) is 0 Å². The summed E-state index contributed by atoms with van der Waals surface area (Å²) in [4.78, 5) is 26.4. The lowest BCUT2D eigenvalue weighted by Gasteiger charge is -2.25. The van der Waals surface area contributed by atoms with E-state index in [1.54, 1.807) is 0 Å². The molecule has 1 unspecified atom stereocenters. The van der Waals surface area contributed by atoms with Gasteiger partial charge in [0.1, 0.15) is 0 Å². The number of halogens is 2. The Bertz CT molecular complexity index is 490. The molecule has 0 saturated heterocycles. The van der Waals surface area contributed by atoms with Gasteiger partial charge in [-0.3, -0.25) is 14.5 Å². The zero-order valence-corrected chi connectivity index (χ0v) is 14.8. The monoisotopic (exact) mass is 407 g/mol. The van der Waals surface area contributed by atoms with Crippen LogP contribution < -0.4 is 0 Å². The Morgan fingerprint density at radius 3 is 2.05 bits per heavy atom. The Hall–Kier alpha value is -0.200. The minimum atomic E-state index is -0.156. The second-order valence-electron chi connectivity index (χ2n) is 4.58. The molecule has 19 heavy (non-hydrogen) atoms. The van der Waals surface area contributed by atoms with Crippen LogP contribution in [0.25, 0.3) is 0 Å². The van der Waals surface area contributed by atoms with Crippen LogP contribution >= 0.6 is 43.2 Å². The molecule has 0 spiro atoms. The molecule has 3 nitrogen and oxygen atoms in total. The number of amides is 2. The Labute approximate surface area is 133 Å². The van der Waals surface area contributed by atoms with Crippen LogP contribution in [0.4, 0.5) is 0 Å². The lowest BCUT2D eigenvalue weighted by Crippen LogP contribution is -2.39. The number of unbranched alkanes of at least 4 members (excludes halogenated alkanes) is 1. The highest BCUT2D eigenvalue weighted by Gasteiger charge is 2.43. The van der Waals surface area contributed by atoms with Crippen molar-refractivity contribution in [2.75, 3.05) is 0 Å². The minimum Gasteiger partial charge on any atom is -0.271 e. The van der Waals surface area contributed by atoms with Crippen LogP contribution in [-0.2, 0) is 0 Å². The fourth-order valence-corrected chi connectivity index (χ4v) is 5.48. The number of hydrogen-bond donors (Lipinski definition) is 0. The van der Waals surface area contributed by atoms with Gasteiger partial charge < -0.3 is 0 Å². The fourth-order valence-electron chi connectivity index (χ4n) is 2.38. The van der Waals surface area contributed by atoms with E-state index in [1.165, 1.54) is 16.2 Å². The second-order valence-corrected chi connectivity index (χ2v) is 8.24. The van der Waals surface area contributed by atoms with Crippen LogP contribution in [0.3, 0.4) is 0 Å². The zero-order valence-electron chi connectivity index (χ0n) is 10.8. The van der Waals surface area contributed by atoms with Crippen molar-refractivity contribution in [3.63, 3.8) is 0 Å². The van der Waals surface area contributed by atoms with Crippen LogP contribution in [0.1, 0.15) is 60.2 Å². The third-order valence-corrected chi connectivity index (χ3v) is 5.95. The van der Waals surface area contributed by atoms with E-state index in [9.17, 15) is 9.59 Å². The van der Waals surface area contributed by atoms with E-state index in [2.05, 4.69) is 38.8 Å². The summed E-state index contributed by atoms with van der Waals surface area (Å²) in [5.74, 6) is -0.312. The number of imide groups is 1. The van der Waals surface area contributed by atoms with E-state index in [0.717, 1.165) is 33.3 Å². The maximum atomic E-state index is 12.5. The van der Waals surface area contributed by atoms with Crippen molar-refractivity contribution in [3.8, 4) is 0 Å². The predicted octanol–water partition coefficient (Wildman–Crippen LogP) is 4.84. The Balaban J connectivity index is 2.34. The molecule has 0 radical (unpaired) electrons. The number of rotatable bonds is 5. The molecule has 2 amide bonds. The third kappa shape index (κ3) is 2.54. The number of carbonyl (C=O) groups is 2. The first-order chi connectivity index (χ1) is 9.02. The van der Waals surface area contributed by atoms with Crippen molar-refractivity contribution in [2.24, 2.45) is 0 Å². The number of thiophene rings is 1. The van der Waals surface area contributed by atoms with Crippen LogP contribution in [0.5, 0.6) is 0 Å². The smallest absolute Gasteiger partial charge is 0.263 e. The van der Waals surface area contributed by atoms with Crippen LogP contribution in [0.15, 0.2) is 7.57 Å². The summed E-state index contributed by atoms with van der Waals surface area (Å²) in [6, 6.07) is 0.0103. The van der Waals surface area contributed by atoms with Crippen LogP contribution in [0, 0.1) is 0 Å². The fraction of sp³-hybridized carbons (Fsp3) is 0.538. The first-order valence-electron chi connectivity index (χ1n) is 6.38. The topological polar surface area (TPSA) is 37.4 Å². The molecule has 2 rings (SSSR count). The maximum Gasteiger partial charge on any atom is 0.263 e. The van der Waals surface area contributed by atoms with Crippen molar-refractivity contribution in [3.05, 3.63) is 18.7 Å². The minimum absolute atomic E-state index is 0.0103. The van der Waals surface area contributed by atoms with E-state index in [0.29, 0.717) is 11.1 Å². The van der Waals surface area contributed by atoms with Gasteiger partial charge >= 0.3 is 0 Å². The van der Waals surface area contributed by atoms with Crippen molar-refractivity contribution < 1.29 is 9.59 Å². The van der Waals surface area contributed by atoms with E-state index in [4.69, 9.17) is 0 Å². The Morgan fingerprint density at radius 2 is 1.63 bits per heavy atom. The van der Waals surface area contributed by atoms with E-state index >= 15 is 0 Å². The summed E-state index contributed by atoms with van der Waals surface area (Å²) < 4.78 is 1.47. The van der Waals surface area contributed by atoms with E-state index in [1.807, 2.05) is 6.92 Å². The Morgan fingerprint density at radius 1 is 1.11 bits per heavy atom. The van der Waals surface area contributed by atoms with Gasteiger partial charge in [-0.15, -0.1) is 11.3 Å². The first kappa shape index (κ1) is 15.2. The molecule has 1 aliphatic heterocycles. The van der Waals surface area contributed by atoms with Gasteiger partial charge in [0.2, 0.25) is 0 Å². The van der Waals surface area contributed by atoms with Gasteiger partial charge in [0.25, 0.3) is 11.8 Å². The van der Waals surface area contributed by atoms with E-state index in [-0.39, 0.29) is 17.9 Å². The van der Waals surface area contributed by atoms with Gasteiger partial charge in [-0.05, 0) is 44.7 Å². The average Bonchev–Trinajstić information content (AvgIpc) is 2.81. The molecule has 1 aliphatic rings. The summed E-state index contributed by atoms with van der Waals surface area (Å²) in [6.07, 6.45) is 3.79. The summed E-state index contributed by atoms with van der Waals surface area (Å²) in [5.41, 5.74) is 1.05. The highest BCUT2D eigenvalue weighted by atomic mass is 79.9. The lowest BCUT2D eigenvalue weighted by atomic mass is 10.1. The summed E-state index contributed by atoms with van der Waals surface area (Å²) in [6.45, 7) is 4.14. The lowest BCUT2D eigenvalue weighted by molar-refractivity contribution is 0.0569. The quantitative estimate of drug-likeness (QED) is 0.653. The molecule has 1 aromatic rings. The zero-order chi connectivity index (χ0) is 14.2. The number of fused-ring (bicyclic) bond motifs is 1. The predicted molar refractivity (Wildman–Crippen MR) is 83.8 cm³/mol. The number of nitrogens with zero attached hydrogens (tertiary/aromatic N) is 1. The standard InChI is InChI=1S/C13H15Br2NO2S/c1-3-5-6-7(4-2)16-12(17)8-9(13(16)18)11(15)19-10(8)14/h7H,3-6H2,1-2H3. The van der Waals surface area contributed by atoms with E-state index < -0.39 is 0 Å². The highest BCUT2D eigenvalue weighted by molar-refractivity contribution is 9.12. The van der Waals surface area contributed by atoms with Gasteiger partial charge in [0.15, 0.2) is 0 Å². The molecule has 0 saturated carbocycles. The van der Waals surface area contributed by atoms with Crippen molar-refractivity contribution in [2.45, 2.75) is 45.6 Å². The molecule has 0 aliphatic carbocycles. The van der Waals surface area contributed by atoms with Gasteiger partial charge in [0, 0.05) is 6.04 Å². The normalized spacial score (nSPS) is 16.1. The Kier molecular flexibility index (Phi) is 4.84. The molecule has 1 aromatic heterocycles. The summed E-state index contributed by atoms with van der Waals surface area (Å²) in [7, 11) is 0. The molecular formula is C13H15Br2NO2S. The largest absolute Gasteiger partial charge is 0.271 e. The summed E-state index contributed by atoms with van der Waals surface area (Å²) >= 11 is 8.14. The van der Waals surface area contributed by atoms with Crippen molar-refractivity contribution in [1.29, 1.82) is 0 Å². The molecular weight excluding hydrogens is 394 g/mol. The van der Waals surface area contributed by atoms with Crippen molar-refractivity contribution >= 4 is 55.0 Å². The molecule has 2 heterocycles. The molecule has 0 fully saturated rings. The van der Waals surface area contributed by atoms with Crippen LogP contribution in [-0.4, -0.2) is 22.8 Å². The SMILES string of the molecule is CCCCC(CC)N1C(=O)c2c(Br)sc(Br)c2C1=O. The number of carbonyl (C=O) groups excluding carboxylic acids is 2. The van der Waals surface area contributed by atoms with Gasteiger partial charge in [-0.1, -0.05) is 26.7 Å². The highest BCUT2D eigenvalue weighted by Crippen LogP contribution is 2.42. The average molecular weight is 409 g/mol. The van der Waals surface area contributed by atoms with Crippen molar-refractivity contribution in [1.82, 2.24) is 4.90 Å².